The molecule has 0 aliphatic carbocycles. The molecule has 1 aromatic rings. The van der Waals surface area contributed by atoms with Crippen molar-refractivity contribution >= 4 is 11.9 Å². The summed E-state index contributed by atoms with van der Waals surface area (Å²) in [5.41, 5.74) is 1.10. The molecule has 114 valence electrons. The van der Waals surface area contributed by atoms with Crippen LogP contribution in [0.1, 0.15) is 37.7 Å². The van der Waals surface area contributed by atoms with Crippen LogP contribution < -0.4 is 5.32 Å². The fourth-order valence-corrected chi connectivity index (χ4v) is 2.13. The molecule has 0 radical (unpaired) electrons. The number of carboxylic acid groups (broad SMARTS) is 1. The molecule has 2 N–H and O–H groups in total. The lowest BCUT2D eigenvalue weighted by Gasteiger charge is -2.18. The van der Waals surface area contributed by atoms with Crippen LogP contribution in [0.4, 0.5) is 0 Å². The minimum Gasteiger partial charge on any atom is -0.481 e. The van der Waals surface area contributed by atoms with Gasteiger partial charge >= 0.3 is 5.97 Å². The van der Waals surface area contributed by atoms with Gasteiger partial charge in [-0.3, -0.25) is 9.59 Å². The van der Waals surface area contributed by atoms with Crippen molar-refractivity contribution in [2.45, 2.75) is 44.6 Å². The van der Waals surface area contributed by atoms with E-state index < -0.39 is 5.97 Å². The van der Waals surface area contributed by atoms with Gasteiger partial charge in [0.1, 0.15) is 0 Å². The number of amides is 1. The van der Waals surface area contributed by atoms with Crippen LogP contribution in [0.3, 0.4) is 0 Å². The molecule has 21 heavy (non-hydrogen) atoms. The van der Waals surface area contributed by atoms with Crippen LogP contribution in [0.5, 0.6) is 0 Å². The number of nitrogens with one attached hydrogen (secondary N) is 1. The maximum Gasteiger partial charge on any atom is 0.303 e. The molecule has 1 rings (SSSR count). The molecule has 0 heterocycles. The van der Waals surface area contributed by atoms with Crippen molar-refractivity contribution in [3.8, 4) is 0 Å². The number of allylic oxidation sites excluding steroid dienone is 1. The molecular formula is C17H23NO3. The molecule has 1 atom stereocenters. The van der Waals surface area contributed by atoms with E-state index in [-0.39, 0.29) is 18.4 Å². The van der Waals surface area contributed by atoms with E-state index in [0.29, 0.717) is 19.3 Å². The van der Waals surface area contributed by atoms with Crippen molar-refractivity contribution in [3.63, 3.8) is 0 Å². The Labute approximate surface area is 125 Å². The largest absolute Gasteiger partial charge is 0.481 e. The van der Waals surface area contributed by atoms with Crippen molar-refractivity contribution in [1.29, 1.82) is 0 Å². The molecule has 1 amide bonds. The van der Waals surface area contributed by atoms with Crippen LogP contribution in [0.2, 0.25) is 0 Å². The third kappa shape index (κ3) is 7.92. The van der Waals surface area contributed by atoms with E-state index in [1.165, 1.54) is 0 Å². The maximum absolute atomic E-state index is 11.9. The highest BCUT2D eigenvalue weighted by Crippen LogP contribution is 2.09. The van der Waals surface area contributed by atoms with Gasteiger partial charge in [-0.1, -0.05) is 36.4 Å². The SMILES string of the molecule is C=CCCCC(=O)NC(CCC(=O)O)Cc1ccccc1. The summed E-state index contributed by atoms with van der Waals surface area (Å²) in [6.45, 7) is 3.63. The Morgan fingerprint density at radius 2 is 1.95 bits per heavy atom. The maximum atomic E-state index is 11.9. The van der Waals surface area contributed by atoms with E-state index in [9.17, 15) is 9.59 Å². The summed E-state index contributed by atoms with van der Waals surface area (Å²) < 4.78 is 0. The normalized spacial score (nSPS) is 11.6. The summed E-state index contributed by atoms with van der Waals surface area (Å²) >= 11 is 0. The number of hydrogen-bond donors (Lipinski definition) is 2. The molecule has 0 spiro atoms. The van der Waals surface area contributed by atoms with Crippen molar-refractivity contribution in [3.05, 3.63) is 48.6 Å². The first kappa shape index (κ1) is 17.0. The Hall–Kier alpha value is -2.10. The van der Waals surface area contributed by atoms with E-state index in [2.05, 4.69) is 11.9 Å². The molecule has 0 saturated carbocycles. The van der Waals surface area contributed by atoms with E-state index in [1.54, 1.807) is 6.08 Å². The average molecular weight is 289 g/mol. The van der Waals surface area contributed by atoms with Gasteiger partial charge in [0.15, 0.2) is 0 Å². The van der Waals surface area contributed by atoms with E-state index in [0.717, 1.165) is 18.4 Å². The van der Waals surface area contributed by atoms with Gasteiger partial charge in [-0.15, -0.1) is 6.58 Å². The second-order valence-electron chi connectivity index (χ2n) is 5.07. The lowest BCUT2D eigenvalue weighted by molar-refractivity contribution is -0.137. The monoisotopic (exact) mass is 289 g/mol. The highest BCUT2D eigenvalue weighted by molar-refractivity contribution is 5.76. The lowest BCUT2D eigenvalue weighted by Crippen LogP contribution is -2.36. The van der Waals surface area contributed by atoms with Gasteiger partial charge in [0.2, 0.25) is 5.91 Å². The summed E-state index contributed by atoms with van der Waals surface area (Å²) in [5.74, 6) is -0.864. The van der Waals surface area contributed by atoms with Gasteiger partial charge in [0.25, 0.3) is 0 Å². The van der Waals surface area contributed by atoms with Crippen molar-refractivity contribution < 1.29 is 14.7 Å². The predicted octanol–water partition coefficient (Wildman–Crippen LogP) is 2.94. The molecule has 4 nitrogen and oxygen atoms in total. The van der Waals surface area contributed by atoms with Crippen LogP contribution in [0.15, 0.2) is 43.0 Å². The number of benzene rings is 1. The fraction of sp³-hybridized carbons (Fsp3) is 0.412. The summed E-state index contributed by atoms with van der Waals surface area (Å²) in [6, 6.07) is 9.64. The third-order valence-corrected chi connectivity index (χ3v) is 3.21. The standard InChI is InChI=1S/C17H23NO3/c1-2-3-5-10-16(19)18-15(11-12-17(20)21)13-14-8-6-4-7-9-14/h2,4,6-9,15H,1,3,5,10-13H2,(H,18,19)(H,20,21). The molecule has 0 bridgehead atoms. The molecule has 1 unspecified atom stereocenters. The third-order valence-electron chi connectivity index (χ3n) is 3.21. The molecular weight excluding hydrogens is 266 g/mol. The summed E-state index contributed by atoms with van der Waals surface area (Å²) in [4.78, 5) is 22.6. The van der Waals surface area contributed by atoms with E-state index in [4.69, 9.17) is 5.11 Å². The van der Waals surface area contributed by atoms with Gasteiger partial charge in [0.05, 0.1) is 0 Å². The zero-order valence-corrected chi connectivity index (χ0v) is 12.3. The summed E-state index contributed by atoms with van der Waals surface area (Å²) in [7, 11) is 0. The zero-order chi connectivity index (χ0) is 15.5. The second kappa shape index (κ2) is 9.75. The number of carboxylic acids is 1. The Balaban J connectivity index is 2.53. The second-order valence-corrected chi connectivity index (χ2v) is 5.07. The number of carbonyl (C=O) groups excluding carboxylic acids is 1. The van der Waals surface area contributed by atoms with Crippen LogP contribution >= 0.6 is 0 Å². The van der Waals surface area contributed by atoms with Crippen molar-refractivity contribution in [1.82, 2.24) is 5.32 Å². The fourth-order valence-electron chi connectivity index (χ4n) is 2.13. The van der Waals surface area contributed by atoms with E-state index >= 15 is 0 Å². The minimum absolute atomic E-state index is 0.0248. The first-order chi connectivity index (χ1) is 10.1. The van der Waals surface area contributed by atoms with Gasteiger partial charge in [-0.2, -0.15) is 0 Å². The van der Waals surface area contributed by atoms with Crippen molar-refractivity contribution in [2.24, 2.45) is 0 Å². The average Bonchev–Trinajstić information content (AvgIpc) is 2.46. The summed E-state index contributed by atoms with van der Waals surface area (Å²) in [6.07, 6.45) is 4.98. The smallest absolute Gasteiger partial charge is 0.303 e. The first-order valence-electron chi connectivity index (χ1n) is 7.27. The molecule has 1 aromatic carbocycles. The Morgan fingerprint density at radius 3 is 2.57 bits per heavy atom. The number of hydrogen-bond acceptors (Lipinski definition) is 2. The topological polar surface area (TPSA) is 66.4 Å². The molecule has 0 aliphatic rings. The van der Waals surface area contributed by atoms with Crippen molar-refractivity contribution in [2.75, 3.05) is 0 Å². The molecule has 0 fully saturated rings. The van der Waals surface area contributed by atoms with Gasteiger partial charge in [-0.05, 0) is 31.2 Å². The quantitative estimate of drug-likeness (QED) is 0.514. The highest BCUT2D eigenvalue weighted by atomic mass is 16.4. The summed E-state index contributed by atoms with van der Waals surface area (Å²) in [5, 5.41) is 11.8. The lowest BCUT2D eigenvalue weighted by atomic mass is 10.0. The molecule has 0 aromatic heterocycles. The molecule has 0 saturated heterocycles. The van der Waals surface area contributed by atoms with Gasteiger partial charge in [-0.25, -0.2) is 0 Å². The minimum atomic E-state index is -0.839. The van der Waals surface area contributed by atoms with Crippen LogP contribution in [-0.2, 0) is 16.0 Å². The number of aliphatic carboxylic acids is 1. The number of carbonyl (C=O) groups is 2. The predicted molar refractivity (Wildman–Crippen MR) is 83.0 cm³/mol. The van der Waals surface area contributed by atoms with Crippen LogP contribution in [0, 0.1) is 0 Å². The Bertz CT molecular complexity index is 456. The van der Waals surface area contributed by atoms with Gasteiger partial charge < -0.3 is 10.4 Å². The molecule has 0 aliphatic heterocycles. The first-order valence-corrected chi connectivity index (χ1v) is 7.27. The zero-order valence-electron chi connectivity index (χ0n) is 12.3. The number of rotatable bonds is 10. The highest BCUT2D eigenvalue weighted by Gasteiger charge is 2.14. The Morgan fingerprint density at radius 1 is 1.24 bits per heavy atom. The van der Waals surface area contributed by atoms with Gasteiger partial charge in [0, 0.05) is 18.9 Å². The number of unbranched alkanes of at least 4 members (excludes halogenated alkanes) is 1. The Kier molecular flexibility index (Phi) is 7.87. The molecule has 4 heteroatoms. The van der Waals surface area contributed by atoms with Crippen LogP contribution in [0.25, 0.3) is 0 Å². The van der Waals surface area contributed by atoms with E-state index in [1.807, 2.05) is 30.3 Å². The van der Waals surface area contributed by atoms with Crippen LogP contribution in [-0.4, -0.2) is 23.0 Å².